The zero-order chi connectivity index (χ0) is 21.3. The number of carboxylic acid groups (broad SMARTS) is 1. The van der Waals surface area contributed by atoms with Crippen LogP contribution in [0.5, 0.6) is 0 Å². The summed E-state index contributed by atoms with van der Waals surface area (Å²) in [6, 6.07) is 4.63. The number of benzene rings is 1. The average molecular weight is 411 g/mol. The maximum Gasteiger partial charge on any atom is 0.341 e. The van der Waals surface area contributed by atoms with Gasteiger partial charge in [-0.05, 0) is 45.1 Å². The minimum atomic E-state index is -1.28. The van der Waals surface area contributed by atoms with Crippen LogP contribution in [0.3, 0.4) is 0 Å². The molecular formula is C21H22FN5O3. The SMILES string of the molecule is CN(C)C1C(N)CN1c1cc2nc3c(cc2cc1F)c(=O)c(C(=O)O)cn3C1CC1. The quantitative estimate of drug-likeness (QED) is 0.630. The van der Waals surface area contributed by atoms with E-state index in [-0.39, 0.29) is 29.2 Å². The van der Waals surface area contributed by atoms with Crippen LogP contribution in [0.2, 0.25) is 0 Å². The van der Waals surface area contributed by atoms with E-state index in [0.29, 0.717) is 28.8 Å². The molecule has 156 valence electrons. The summed E-state index contributed by atoms with van der Waals surface area (Å²) >= 11 is 0. The number of pyridine rings is 2. The molecule has 30 heavy (non-hydrogen) atoms. The molecule has 0 radical (unpaired) electrons. The number of nitrogens with zero attached hydrogens (tertiary/aromatic N) is 4. The maximum atomic E-state index is 15.0. The van der Waals surface area contributed by atoms with Crippen LogP contribution in [0.4, 0.5) is 10.1 Å². The molecule has 9 heteroatoms. The monoisotopic (exact) mass is 411 g/mol. The fraction of sp³-hybridized carbons (Fsp3) is 0.381. The summed E-state index contributed by atoms with van der Waals surface area (Å²) in [5.74, 6) is -1.71. The van der Waals surface area contributed by atoms with Crippen LogP contribution in [-0.2, 0) is 0 Å². The molecule has 0 spiro atoms. The van der Waals surface area contributed by atoms with Gasteiger partial charge in [0.25, 0.3) is 0 Å². The summed E-state index contributed by atoms with van der Waals surface area (Å²) in [7, 11) is 3.80. The van der Waals surface area contributed by atoms with Gasteiger partial charge in [0.2, 0.25) is 5.43 Å². The van der Waals surface area contributed by atoms with Crippen molar-refractivity contribution in [2.24, 2.45) is 5.73 Å². The number of halogens is 1. The van der Waals surface area contributed by atoms with Crippen molar-refractivity contribution in [1.82, 2.24) is 14.5 Å². The van der Waals surface area contributed by atoms with Gasteiger partial charge >= 0.3 is 5.97 Å². The lowest BCUT2D eigenvalue weighted by Gasteiger charge is -2.51. The normalized spacial score (nSPS) is 21.4. The fourth-order valence-electron chi connectivity index (χ4n) is 4.37. The van der Waals surface area contributed by atoms with Gasteiger partial charge < -0.3 is 20.3 Å². The highest BCUT2D eigenvalue weighted by molar-refractivity contribution is 5.97. The number of hydrogen-bond donors (Lipinski definition) is 2. The van der Waals surface area contributed by atoms with Crippen LogP contribution < -0.4 is 16.1 Å². The van der Waals surface area contributed by atoms with Gasteiger partial charge in [0, 0.05) is 24.2 Å². The summed E-state index contributed by atoms with van der Waals surface area (Å²) in [5.41, 5.74) is 6.60. The van der Waals surface area contributed by atoms with Crippen molar-refractivity contribution in [3.05, 3.63) is 46.0 Å². The van der Waals surface area contributed by atoms with Crippen LogP contribution in [0.15, 0.2) is 29.2 Å². The number of carbonyl (C=O) groups is 1. The lowest BCUT2D eigenvalue weighted by molar-refractivity contribution is 0.0695. The van der Waals surface area contributed by atoms with E-state index >= 15 is 0 Å². The van der Waals surface area contributed by atoms with Gasteiger partial charge in [0.15, 0.2) is 0 Å². The van der Waals surface area contributed by atoms with E-state index in [4.69, 9.17) is 5.73 Å². The van der Waals surface area contributed by atoms with Crippen LogP contribution in [0.25, 0.3) is 21.9 Å². The van der Waals surface area contributed by atoms with Gasteiger partial charge in [-0.1, -0.05) is 0 Å². The zero-order valence-corrected chi connectivity index (χ0v) is 16.7. The molecule has 2 aliphatic rings. The van der Waals surface area contributed by atoms with Crippen molar-refractivity contribution in [2.75, 3.05) is 25.5 Å². The van der Waals surface area contributed by atoms with Crippen molar-refractivity contribution < 1.29 is 14.3 Å². The first-order valence-electron chi connectivity index (χ1n) is 9.87. The van der Waals surface area contributed by atoms with Gasteiger partial charge in [0.1, 0.15) is 17.0 Å². The molecule has 2 unspecified atom stereocenters. The number of rotatable bonds is 4. The van der Waals surface area contributed by atoms with E-state index in [0.717, 1.165) is 12.8 Å². The molecule has 3 N–H and O–H groups in total. The molecule has 2 aromatic heterocycles. The second kappa shape index (κ2) is 6.48. The standard InChI is InChI=1S/C21H22FN5O3/c1-25(2)20-15(23)9-27(20)17-7-16-10(6-14(17)22)5-12-18(28)13(21(29)30)8-26(11-3-4-11)19(12)24-16/h5-8,11,15,20H,3-4,9,23H2,1-2H3,(H,29,30). The zero-order valence-electron chi connectivity index (χ0n) is 16.7. The number of carboxylic acids is 1. The van der Waals surface area contributed by atoms with Gasteiger partial charge in [-0.15, -0.1) is 0 Å². The summed E-state index contributed by atoms with van der Waals surface area (Å²) in [5, 5.41) is 10.1. The topological polar surface area (TPSA) is 105 Å². The Balaban J connectivity index is 1.73. The fourth-order valence-corrected chi connectivity index (χ4v) is 4.37. The third-order valence-corrected chi connectivity index (χ3v) is 5.98. The molecule has 0 amide bonds. The van der Waals surface area contributed by atoms with Crippen molar-refractivity contribution in [3.63, 3.8) is 0 Å². The predicted molar refractivity (Wildman–Crippen MR) is 111 cm³/mol. The lowest BCUT2D eigenvalue weighted by Crippen LogP contribution is -2.70. The predicted octanol–water partition coefficient (Wildman–Crippen LogP) is 1.76. The van der Waals surface area contributed by atoms with Gasteiger partial charge in [0.05, 0.1) is 28.8 Å². The van der Waals surface area contributed by atoms with E-state index in [1.165, 1.54) is 12.3 Å². The Hall–Kier alpha value is -3.04. The number of aromatic carboxylic acids is 1. The molecule has 8 nitrogen and oxygen atoms in total. The van der Waals surface area contributed by atoms with E-state index in [1.54, 1.807) is 16.7 Å². The van der Waals surface area contributed by atoms with E-state index in [1.807, 2.05) is 23.9 Å². The number of nitrogens with two attached hydrogens (primary N) is 1. The first-order chi connectivity index (χ1) is 14.3. The number of aromatic nitrogens is 2. The third-order valence-electron chi connectivity index (χ3n) is 5.98. The summed E-state index contributed by atoms with van der Waals surface area (Å²) in [6.07, 6.45) is 3.08. The Labute approximate surface area is 171 Å². The number of fused-ring (bicyclic) bond motifs is 2. The van der Waals surface area contributed by atoms with Crippen molar-refractivity contribution in [1.29, 1.82) is 0 Å². The molecule has 5 rings (SSSR count). The van der Waals surface area contributed by atoms with Crippen LogP contribution in [-0.4, -0.2) is 58.4 Å². The van der Waals surface area contributed by atoms with E-state index < -0.39 is 17.2 Å². The van der Waals surface area contributed by atoms with Crippen molar-refractivity contribution >= 4 is 33.6 Å². The highest BCUT2D eigenvalue weighted by atomic mass is 19.1. The second-order valence-corrected chi connectivity index (χ2v) is 8.36. The minimum Gasteiger partial charge on any atom is -0.477 e. The molecule has 1 saturated heterocycles. The molecule has 2 atom stereocenters. The van der Waals surface area contributed by atoms with Crippen molar-refractivity contribution in [3.8, 4) is 0 Å². The van der Waals surface area contributed by atoms with Gasteiger partial charge in [-0.3, -0.25) is 9.69 Å². The summed E-state index contributed by atoms with van der Waals surface area (Å²) in [6.45, 7) is 0.535. The molecule has 1 aliphatic carbocycles. The smallest absolute Gasteiger partial charge is 0.341 e. The first kappa shape index (κ1) is 19.0. The van der Waals surface area contributed by atoms with Gasteiger partial charge in [-0.25, -0.2) is 14.2 Å². The Bertz CT molecular complexity index is 1260. The van der Waals surface area contributed by atoms with E-state index in [9.17, 15) is 19.1 Å². The highest BCUT2D eigenvalue weighted by Gasteiger charge is 2.39. The van der Waals surface area contributed by atoms with Crippen LogP contribution in [0.1, 0.15) is 29.2 Å². The largest absolute Gasteiger partial charge is 0.477 e. The minimum absolute atomic E-state index is 0.0749. The Morgan fingerprint density at radius 3 is 2.63 bits per heavy atom. The number of anilines is 1. The lowest BCUT2D eigenvalue weighted by atomic mass is 10.0. The third kappa shape index (κ3) is 2.77. The highest BCUT2D eigenvalue weighted by Crippen LogP contribution is 2.38. The molecule has 2 fully saturated rings. The van der Waals surface area contributed by atoms with Crippen molar-refractivity contribution in [2.45, 2.75) is 31.1 Å². The molecule has 1 saturated carbocycles. The Morgan fingerprint density at radius 1 is 1.30 bits per heavy atom. The first-order valence-corrected chi connectivity index (χ1v) is 9.87. The number of likely N-dealkylation sites (N-methyl/N-ethyl adjacent to an activating group) is 1. The van der Waals surface area contributed by atoms with E-state index in [2.05, 4.69) is 4.98 Å². The molecule has 1 aromatic carbocycles. The molecule has 3 heterocycles. The molecule has 1 aliphatic heterocycles. The molecular weight excluding hydrogens is 389 g/mol. The summed E-state index contributed by atoms with van der Waals surface area (Å²) in [4.78, 5) is 32.8. The van der Waals surface area contributed by atoms with Gasteiger partial charge in [-0.2, -0.15) is 0 Å². The van der Waals surface area contributed by atoms with Crippen LogP contribution >= 0.6 is 0 Å². The molecule has 0 bridgehead atoms. The number of hydrogen-bond acceptors (Lipinski definition) is 6. The maximum absolute atomic E-state index is 15.0. The molecule has 3 aromatic rings. The Morgan fingerprint density at radius 2 is 2.03 bits per heavy atom. The Kier molecular flexibility index (Phi) is 4.09. The second-order valence-electron chi connectivity index (χ2n) is 8.36. The average Bonchev–Trinajstić information content (AvgIpc) is 3.49. The van der Waals surface area contributed by atoms with Crippen LogP contribution in [0, 0.1) is 5.82 Å². The summed E-state index contributed by atoms with van der Waals surface area (Å²) < 4.78 is 16.7.